The van der Waals surface area contributed by atoms with Gasteiger partial charge in [-0.3, -0.25) is 4.79 Å². The molecule has 4 rings (SSSR count). The van der Waals surface area contributed by atoms with Gasteiger partial charge in [-0.15, -0.1) is 0 Å². The zero-order valence-corrected chi connectivity index (χ0v) is 23.6. The molecule has 2 N–H and O–H groups in total. The van der Waals surface area contributed by atoms with Crippen LogP contribution in [-0.2, 0) is 21.2 Å². The van der Waals surface area contributed by atoms with Crippen molar-refractivity contribution in [2.75, 3.05) is 6.54 Å². The molecule has 198 valence electrons. The number of hydrogen-bond donors (Lipinski definition) is 2. The average molecular weight is 548 g/mol. The van der Waals surface area contributed by atoms with Crippen LogP contribution in [0.15, 0.2) is 30.3 Å². The molecule has 1 heterocycles. The monoisotopic (exact) mass is 548 g/mol. The molecule has 6 nitrogen and oxygen atoms in total. The number of sulfonamides is 1. The van der Waals surface area contributed by atoms with E-state index in [1.54, 1.807) is 28.3 Å². The molecule has 1 saturated heterocycles. The Morgan fingerprint density at radius 2 is 1.89 bits per heavy atom. The summed E-state index contributed by atoms with van der Waals surface area (Å²) >= 11 is 0. The first-order valence-corrected chi connectivity index (χ1v) is 14.8. The summed E-state index contributed by atoms with van der Waals surface area (Å²) in [4.78, 5) is 14.7. The number of aryl methyl sites for hydroxylation is 1. The molecule has 5 atom stereocenters. The number of rotatable bonds is 8. The van der Waals surface area contributed by atoms with Crippen molar-refractivity contribution in [2.24, 2.45) is 5.41 Å². The Morgan fingerprint density at radius 3 is 2.46 bits per heavy atom. The lowest BCUT2D eigenvalue weighted by Gasteiger charge is -2.31. The van der Waals surface area contributed by atoms with E-state index in [2.05, 4.69) is 4.72 Å². The molecule has 12 heteroatoms. The topological polar surface area (TPSA) is 86.7 Å². The first-order valence-electron chi connectivity index (χ1n) is 12.5. The van der Waals surface area contributed by atoms with Crippen LogP contribution in [0.1, 0.15) is 37.3 Å². The Kier molecular flexibility index (Phi) is 7.93. The molecular formula is C25H33B2F2N2O4PS. The Labute approximate surface area is 221 Å². The van der Waals surface area contributed by atoms with Crippen molar-refractivity contribution in [3.63, 3.8) is 0 Å². The van der Waals surface area contributed by atoms with Gasteiger partial charge in [0, 0.05) is 23.6 Å². The molecule has 1 amide bonds. The molecule has 37 heavy (non-hydrogen) atoms. The molecule has 2 fully saturated rings. The smallest absolute Gasteiger partial charge is 0.251 e. The van der Waals surface area contributed by atoms with Crippen molar-refractivity contribution in [2.45, 2.75) is 63.0 Å². The van der Waals surface area contributed by atoms with Crippen molar-refractivity contribution < 1.29 is 27.1 Å². The molecule has 2 aromatic rings. The summed E-state index contributed by atoms with van der Waals surface area (Å²) in [7, 11) is 1.10. The Hall–Kier alpha value is -1.80. The minimum absolute atomic E-state index is 0.0240. The van der Waals surface area contributed by atoms with E-state index in [4.69, 9.17) is 0 Å². The molecule has 1 aliphatic carbocycles. The summed E-state index contributed by atoms with van der Waals surface area (Å²) in [6.45, 7) is 3.85. The summed E-state index contributed by atoms with van der Waals surface area (Å²) < 4.78 is 57.6. The second-order valence-corrected chi connectivity index (χ2v) is 13.5. The van der Waals surface area contributed by atoms with Crippen molar-refractivity contribution in [1.82, 2.24) is 9.62 Å². The maximum Gasteiger partial charge on any atom is 0.251 e. The highest BCUT2D eigenvalue weighted by molar-refractivity contribution is 7.93. The first-order chi connectivity index (χ1) is 17.3. The second kappa shape index (κ2) is 10.4. The minimum Gasteiger partial charge on any atom is -0.383 e. The van der Waals surface area contributed by atoms with Gasteiger partial charge in [-0.25, -0.2) is 21.9 Å². The number of amides is 1. The predicted octanol–water partition coefficient (Wildman–Crippen LogP) is 0.0385. The molecule has 4 unspecified atom stereocenters. The highest BCUT2D eigenvalue weighted by Crippen LogP contribution is 2.56. The molecule has 1 spiro atoms. The molecular weight excluding hydrogens is 515 g/mol. The predicted molar refractivity (Wildman–Crippen MR) is 151 cm³/mol. The van der Waals surface area contributed by atoms with Gasteiger partial charge in [-0.2, -0.15) is 0 Å². The number of aliphatic hydroxyl groups is 1. The number of likely N-dealkylation sites (tertiary alicyclic amines) is 1. The number of nitrogens with zero attached hydrogens (tertiary/aromatic N) is 1. The maximum atomic E-state index is 16.1. The summed E-state index contributed by atoms with van der Waals surface area (Å²) in [5.41, 5.74) is 3.77. The number of aliphatic hydroxyl groups excluding tert-OH is 1. The van der Waals surface area contributed by atoms with Crippen LogP contribution in [0.4, 0.5) is 8.78 Å². The quantitative estimate of drug-likeness (QED) is 0.361. The number of benzene rings is 2. The van der Waals surface area contributed by atoms with Crippen LogP contribution in [0, 0.1) is 18.2 Å². The van der Waals surface area contributed by atoms with E-state index in [9.17, 15) is 22.7 Å². The number of hydrogen-bond acceptors (Lipinski definition) is 4. The van der Waals surface area contributed by atoms with E-state index in [1.807, 2.05) is 40.8 Å². The number of nitrogens with one attached hydrogen (secondary N) is 1. The van der Waals surface area contributed by atoms with E-state index in [0.29, 0.717) is 24.0 Å². The van der Waals surface area contributed by atoms with Crippen LogP contribution in [0.3, 0.4) is 0 Å². The van der Waals surface area contributed by atoms with Crippen molar-refractivity contribution in [3.8, 4) is 11.1 Å². The fourth-order valence-corrected chi connectivity index (χ4v) is 6.74. The Balaban J connectivity index is 1.78. The second-order valence-electron chi connectivity index (χ2n) is 10.7. The Morgan fingerprint density at radius 1 is 1.24 bits per heavy atom. The molecule has 0 aromatic heterocycles. The van der Waals surface area contributed by atoms with Gasteiger partial charge in [0.25, 0.3) is 5.91 Å². The number of carbonyl (C=O) groups is 1. The average Bonchev–Trinajstić information content (AvgIpc) is 3.54. The molecule has 0 radical (unpaired) electrons. The number of alkyl halides is 1. The summed E-state index contributed by atoms with van der Waals surface area (Å²) in [6.07, 6.45) is 0.272. The van der Waals surface area contributed by atoms with E-state index < -0.39 is 50.6 Å². The first kappa shape index (κ1) is 28.2. The van der Waals surface area contributed by atoms with Gasteiger partial charge in [-0.05, 0) is 43.7 Å². The van der Waals surface area contributed by atoms with E-state index in [1.165, 1.54) is 4.90 Å². The van der Waals surface area contributed by atoms with Gasteiger partial charge >= 0.3 is 0 Å². The van der Waals surface area contributed by atoms with Gasteiger partial charge in [0.2, 0.25) is 15.3 Å². The van der Waals surface area contributed by atoms with Crippen molar-refractivity contribution >= 4 is 51.8 Å². The fraction of sp³-hybridized carbons (Fsp3) is 0.480. The fourth-order valence-electron chi connectivity index (χ4n) is 5.61. The van der Waals surface area contributed by atoms with Crippen LogP contribution in [-0.4, -0.2) is 70.0 Å². The van der Waals surface area contributed by atoms with Gasteiger partial charge in [-0.1, -0.05) is 63.0 Å². The SMILES string of the molecule is Bc1cc(C)cc(-c2cc(B)cc(CC3C(NS(=O)(=O)C(F)P)C4(CC4)CN3C(=O)[C@H](O)CC)c2F)c1. The zero-order chi connectivity index (χ0) is 27.3. The standard InChI is InChI=1S/C25H33B2F2N2O4PS/c1-3-20(32)23(33)31-12-25(4-5-25)22(30-37(34,35)24(29)36)19(31)10-15-9-17(27)11-18(21(15)28)14-6-13(2)7-16(26)8-14/h6-9,11,19-20,22,24,30,32H,3-5,10,12,26-27,36H2,1-2H3/t19?,20-,22?,24?/m1/s1. The van der Waals surface area contributed by atoms with Crippen LogP contribution < -0.4 is 15.6 Å². The minimum atomic E-state index is -4.34. The van der Waals surface area contributed by atoms with E-state index in [0.717, 1.165) is 22.1 Å². The van der Waals surface area contributed by atoms with Crippen LogP contribution in [0.25, 0.3) is 11.1 Å². The normalized spacial score (nSPS) is 22.3. The number of carbonyl (C=O) groups excluding carboxylic acids is 1. The maximum absolute atomic E-state index is 16.1. The van der Waals surface area contributed by atoms with Gasteiger partial charge in [0.05, 0.1) is 6.04 Å². The van der Waals surface area contributed by atoms with Crippen molar-refractivity contribution in [3.05, 3.63) is 47.3 Å². The lowest BCUT2D eigenvalue weighted by atomic mass is 9.84. The highest BCUT2D eigenvalue weighted by atomic mass is 32.2. The molecule has 0 bridgehead atoms. The van der Waals surface area contributed by atoms with E-state index in [-0.39, 0.29) is 19.4 Å². The zero-order valence-electron chi connectivity index (χ0n) is 21.6. The number of halogens is 2. The van der Waals surface area contributed by atoms with Gasteiger partial charge in [0.15, 0.2) is 0 Å². The van der Waals surface area contributed by atoms with Crippen LogP contribution >= 0.6 is 9.24 Å². The summed E-state index contributed by atoms with van der Waals surface area (Å²) in [6, 6.07) is 7.73. The third-order valence-electron chi connectivity index (χ3n) is 7.62. The third kappa shape index (κ3) is 5.65. The molecule has 2 aliphatic rings. The van der Waals surface area contributed by atoms with Crippen LogP contribution in [0.2, 0.25) is 0 Å². The largest absolute Gasteiger partial charge is 0.383 e. The molecule has 2 aromatic carbocycles. The van der Waals surface area contributed by atoms with Gasteiger partial charge < -0.3 is 10.0 Å². The van der Waals surface area contributed by atoms with Crippen LogP contribution in [0.5, 0.6) is 0 Å². The van der Waals surface area contributed by atoms with E-state index >= 15 is 4.39 Å². The highest BCUT2D eigenvalue weighted by Gasteiger charge is 2.61. The molecule has 1 aliphatic heterocycles. The summed E-state index contributed by atoms with van der Waals surface area (Å²) in [5.74, 6) is -0.961. The lowest BCUT2D eigenvalue weighted by Crippen LogP contribution is -2.52. The Bertz CT molecular complexity index is 1300. The third-order valence-corrected chi connectivity index (χ3v) is 9.87. The van der Waals surface area contributed by atoms with Gasteiger partial charge in [0.1, 0.15) is 27.6 Å². The molecule has 1 saturated carbocycles. The summed E-state index contributed by atoms with van der Waals surface area (Å²) in [5, 5.41) is 8.12. The lowest BCUT2D eigenvalue weighted by molar-refractivity contribution is -0.141. The van der Waals surface area contributed by atoms with Crippen molar-refractivity contribution in [1.29, 1.82) is 0 Å².